The maximum absolute atomic E-state index is 12.3. The van der Waals surface area contributed by atoms with E-state index < -0.39 is 0 Å². The van der Waals surface area contributed by atoms with Crippen molar-refractivity contribution < 1.29 is 4.79 Å². The van der Waals surface area contributed by atoms with Gasteiger partial charge in [0.15, 0.2) is 0 Å². The standard InChI is InChI=1S/C14H21NOS/c1-14(2,3)8-13(16)15(12-4-5-12)9-11-6-7-17-10-11/h6-7,10,12H,4-5,8-9H2,1-3H3. The van der Waals surface area contributed by atoms with Gasteiger partial charge in [-0.15, -0.1) is 0 Å². The van der Waals surface area contributed by atoms with Crippen molar-refractivity contribution in [1.29, 1.82) is 0 Å². The molecule has 1 saturated carbocycles. The second-order valence-corrected chi connectivity index (χ2v) is 6.90. The lowest BCUT2D eigenvalue weighted by Gasteiger charge is -2.26. The first-order chi connectivity index (χ1) is 7.96. The lowest BCUT2D eigenvalue weighted by Crippen LogP contribution is -2.34. The zero-order chi connectivity index (χ0) is 12.5. The molecule has 0 N–H and O–H groups in total. The first-order valence-electron chi connectivity index (χ1n) is 6.26. The summed E-state index contributed by atoms with van der Waals surface area (Å²) >= 11 is 1.70. The van der Waals surface area contributed by atoms with Crippen LogP contribution in [0.25, 0.3) is 0 Å². The molecule has 0 spiro atoms. The van der Waals surface area contributed by atoms with Crippen LogP contribution in [0.15, 0.2) is 16.8 Å². The highest BCUT2D eigenvalue weighted by Crippen LogP contribution is 2.31. The highest BCUT2D eigenvalue weighted by molar-refractivity contribution is 7.07. The third-order valence-electron chi connectivity index (χ3n) is 2.92. The quantitative estimate of drug-likeness (QED) is 0.799. The van der Waals surface area contributed by atoms with E-state index in [-0.39, 0.29) is 5.41 Å². The predicted molar refractivity (Wildman–Crippen MR) is 72.0 cm³/mol. The fourth-order valence-corrected chi connectivity index (χ4v) is 2.60. The van der Waals surface area contributed by atoms with Crippen LogP contribution in [0.4, 0.5) is 0 Å². The van der Waals surface area contributed by atoms with Crippen molar-refractivity contribution in [3.63, 3.8) is 0 Å². The first kappa shape index (κ1) is 12.6. The van der Waals surface area contributed by atoms with Gasteiger partial charge in [-0.2, -0.15) is 11.3 Å². The van der Waals surface area contributed by atoms with Gasteiger partial charge in [0.05, 0.1) is 0 Å². The first-order valence-corrected chi connectivity index (χ1v) is 7.20. The van der Waals surface area contributed by atoms with E-state index in [1.54, 1.807) is 11.3 Å². The van der Waals surface area contributed by atoms with Crippen LogP contribution in [-0.4, -0.2) is 16.8 Å². The number of hydrogen-bond acceptors (Lipinski definition) is 2. The number of rotatable bonds is 4. The van der Waals surface area contributed by atoms with E-state index in [0.717, 1.165) is 6.54 Å². The van der Waals surface area contributed by atoms with Crippen molar-refractivity contribution in [2.75, 3.05) is 0 Å². The molecule has 1 aromatic rings. The SMILES string of the molecule is CC(C)(C)CC(=O)N(Cc1ccsc1)C1CC1. The van der Waals surface area contributed by atoms with Gasteiger partial charge in [-0.25, -0.2) is 0 Å². The Bertz CT molecular complexity index is 373. The number of carbonyl (C=O) groups excluding carboxylic acids is 1. The highest BCUT2D eigenvalue weighted by Gasteiger charge is 2.33. The fourth-order valence-electron chi connectivity index (χ4n) is 1.94. The van der Waals surface area contributed by atoms with E-state index in [0.29, 0.717) is 18.4 Å². The van der Waals surface area contributed by atoms with Gasteiger partial charge < -0.3 is 4.90 Å². The van der Waals surface area contributed by atoms with Gasteiger partial charge in [0, 0.05) is 19.0 Å². The smallest absolute Gasteiger partial charge is 0.223 e. The molecule has 1 aliphatic carbocycles. The number of nitrogens with zero attached hydrogens (tertiary/aromatic N) is 1. The molecule has 0 aromatic carbocycles. The molecule has 1 aromatic heterocycles. The second-order valence-electron chi connectivity index (χ2n) is 6.12. The molecule has 2 rings (SSSR count). The van der Waals surface area contributed by atoms with Gasteiger partial charge in [0.25, 0.3) is 0 Å². The van der Waals surface area contributed by atoms with Crippen LogP contribution in [-0.2, 0) is 11.3 Å². The Morgan fingerprint density at radius 3 is 2.65 bits per heavy atom. The monoisotopic (exact) mass is 251 g/mol. The van der Waals surface area contributed by atoms with Crippen molar-refractivity contribution in [3.05, 3.63) is 22.4 Å². The molecule has 94 valence electrons. The van der Waals surface area contributed by atoms with Gasteiger partial charge in [0.1, 0.15) is 0 Å². The Hall–Kier alpha value is -0.830. The Morgan fingerprint density at radius 2 is 2.18 bits per heavy atom. The minimum Gasteiger partial charge on any atom is -0.335 e. The van der Waals surface area contributed by atoms with Crippen LogP contribution >= 0.6 is 11.3 Å². The summed E-state index contributed by atoms with van der Waals surface area (Å²) in [6.45, 7) is 7.17. The molecule has 0 saturated heterocycles. The van der Waals surface area contributed by atoms with Gasteiger partial charge in [-0.05, 0) is 40.6 Å². The minimum atomic E-state index is 0.0822. The van der Waals surface area contributed by atoms with Gasteiger partial charge >= 0.3 is 0 Å². The van der Waals surface area contributed by atoms with E-state index in [1.165, 1.54) is 18.4 Å². The number of thiophene rings is 1. The predicted octanol–water partition coefficient (Wildman–Crippen LogP) is 3.68. The summed E-state index contributed by atoms with van der Waals surface area (Å²) in [5.41, 5.74) is 1.35. The molecule has 0 atom stereocenters. The van der Waals surface area contributed by atoms with Crippen LogP contribution in [0.3, 0.4) is 0 Å². The summed E-state index contributed by atoms with van der Waals surface area (Å²) in [6.07, 6.45) is 3.01. The lowest BCUT2D eigenvalue weighted by molar-refractivity contribution is -0.134. The topological polar surface area (TPSA) is 20.3 Å². The third-order valence-corrected chi connectivity index (χ3v) is 3.65. The minimum absolute atomic E-state index is 0.0822. The Labute approximate surface area is 108 Å². The second kappa shape index (κ2) is 4.81. The average molecular weight is 251 g/mol. The highest BCUT2D eigenvalue weighted by atomic mass is 32.1. The third kappa shape index (κ3) is 3.84. The molecule has 1 fully saturated rings. The molecule has 1 amide bonds. The van der Waals surface area contributed by atoms with E-state index >= 15 is 0 Å². The van der Waals surface area contributed by atoms with Crippen molar-refractivity contribution in [3.8, 4) is 0 Å². The Kier molecular flexibility index (Phi) is 3.57. The zero-order valence-corrected chi connectivity index (χ0v) is 11.7. The molecule has 0 radical (unpaired) electrons. The van der Waals surface area contributed by atoms with Crippen molar-refractivity contribution in [2.45, 2.75) is 52.6 Å². The zero-order valence-electron chi connectivity index (χ0n) is 10.9. The van der Waals surface area contributed by atoms with Crippen LogP contribution in [0.1, 0.15) is 45.6 Å². The van der Waals surface area contributed by atoms with Gasteiger partial charge in [-0.3, -0.25) is 4.79 Å². The number of hydrogen-bond donors (Lipinski definition) is 0. The molecule has 1 aliphatic rings. The summed E-state index contributed by atoms with van der Waals surface area (Å²) < 4.78 is 0. The van der Waals surface area contributed by atoms with Crippen molar-refractivity contribution in [1.82, 2.24) is 4.90 Å². The molecular formula is C14H21NOS. The summed E-state index contributed by atoms with van der Waals surface area (Å²) in [7, 11) is 0. The average Bonchev–Trinajstić information content (AvgIpc) is 2.89. The lowest BCUT2D eigenvalue weighted by atomic mass is 9.91. The Morgan fingerprint density at radius 1 is 1.47 bits per heavy atom. The van der Waals surface area contributed by atoms with E-state index in [4.69, 9.17) is 0 Å². The molecule has 17 heavy (non-hydrogen) atoms. The van der Waals surface area contributed by atoms with Crippen molar-refractivity contribution >= 4 is 17.2 Å². The van der Waals surface area contributed by atoms with Crippen LogP contribution in [0.5, 0.6) is 0 Å². The van der Waals surface area contributed by atoms with E-state index in [2.05, 4.69) is 42.5 Å². The summed E-state index contributed by atoms with van der Waals surface area (Å²) in [5.74, 6) is 0.311. The van der Waals surface area contributed by atoms with E-state index in [1.807, 2.05) is 0 Å². The van der Waals surface area contributed by atoms with Crippen LogP contribution in [0.2, 0.25) is 0 Å². The van der Waals surface area contributed by atoms with Crippen LogP contribution < -0.4 is 0 Å². The maximum atomic E-state index is 12.3. The normalized spacial score (nSPS) is 15.9. The largest absolute Gasteiger partial charge is 0.335 e. The summed E-state index contributed by atoms with van der Waals surface area (Å²) in [4.78, 5) is 14.4. The molecule has 1 heterocycles. The fraction of sp³-hybridized carbons (Fsp3) is 0.643. The van der Waals surface area contributed by atoms with E-state index in [9.17, 15) is 4.79 Å². The number of amides is 1. The van der Waals surface area contributed by atoms with Gasteiger partial charge in [-0.1, -0.05) is 20.8 Å². The number of carbonyl (C=O) groups is 1. The van der Waals surface area contributed by atoms with Crippen molar-refractivity contribution in [2.24, 2.45) is 5.41 Å². The maximum Gasteiger partial charge on any atom is 0.223 e. The molecule has 2 nitrogen and oxygen atoms in total. The molecule has 0 bridgehead atoms. The Balaban J connectivity index is 1.99. The molecular weight excluding hydrogens is 230 g/mol. The molecule has 3 heteroatoms. The molecule has 0 aliphatic heterocycles. The summed E-state index contributed by atoms with van der Waals surface area (Å²) in [6, 6.07) is 2.62. The van der Waals surface area contributed by atoms with Crippen LogP contribution in [0, 0.1) is 5.41 Å². The molecule has 0 unspecified atom stereocenters. The summed E-state index contributed by atoms with van der Waals surface area (Å²) in [5, 5.41) is 4.22. The van der Waals surface area contributed by atoms with Gasteiger partial charge in [0.2, 0.25) is 5.91 Å².